The van der Waals surface area contributed by atoms with Crippen molar-refractivity contribution in [3.8, 4) is 0 Å². The summed E-state index contributed by atoms with van der Waals surface area (Å²) in [7, 11) is 0. The summed E-state index contributed by atoms with van der Waals surface area (Å²) in [5.74, 6) is 2.54. The van der Waals surface area contributed by atoms with Crippen LogP contribution >= 0.6 is 11.8 Å². The van der Waals surface area contributed by atoms with Crippen LogP contribution < -0.4 is 5.73 Å². The van der Waals surface area contributed by atoms with Crippen LogP contribution in [0.15, 0.2) is 0 Å². The SMILES string of the molecule is CCCCCCCC(C)(CN)N1CCSCC1C. The van der Waals surface area contributed by atoms with E-state index in [2.05, 4.69) is 37.4 Å². The first-order valence-corrected chi connectivity index (χ1v) is 8.84. The summed E-state index contributed by atoms with van der Waals surface area (Å²) in [6, 6.07) is 0.688. The monoisotopic (exact) mass is 272 g/mol. The summed E-state index contributed by atoms with van der Waals surface area (Å²) in [6.45, 7) is 9.03. The molecule has 0 radical (unpaired) electrons. The Morgan fingerprint density at radius 1 is 1.28 bits per heavy atom. The van der Waals surface area contributed by atoms with Crippen LogP contribution in [0.1, 0.15) is 59.3 Å². The molecule has 1 saturated heterocycles. The van der Waals surface area contributed by atoms with Crippen molar-refractivity contribution in [1.82, 2.24) is 4.90 Å². The molecule has 0 saturated carbocycles. The average Bonchev–Trinajstić information content (AvgIpc) is 2.39. The van der Waals surface area contributed by atoms with Gasteiger partial charge in [-0.1, -0.05) is 39.0 Å². The second-order valence-corrected chi connectivity index (χ2v) is 7.13. The Bertz CT molecular complexity index is 223. The topological polar surface area (TPSA) is 29.3 Å². The van der Waals surface area contributed by atoms with Gasteiger partial charge in [0.2, 0.25) is 0 Å². The number of hydrogen-bond acceptors (Lipinski definition) is 3. The van der Waals surface area contributed by atoms with Gasteiger partial charge in [0.05, 0.1) is 0 Å². The fourth-order valence-corrected chi connectivity index (χ4v) is 4.01. The van der Waals surface area contributed by atoms with Gasteiger partial charge in [0.1, 0.15) is 0 Å². The zero-order valence-corrected chi connectivity index (χ0v) is 13.4. The van der Waals surface area contributed by atoms with E-state index in [0.717, 1.165) is 6.54 Å². The quantitative estimate of drug-likeness (QED) is 0.686. The molecule has 18 heavy (non-hydrogen) atoms. The van der Waals surface area contributed by atoms with Gasteiger partial charge >= 0.3 is 0 Å². The summed E-state index contributed by atoms with van der Waals surface area (Å²) in [5, 5.41) is 0. The van der Waals surface area contributed by atoms with Crippen LogP contribution in [0.2, 0.25) is 0 Å². The first-order chi connectivity index (χ1) is 8.64. The van der Waals surface area contributed by atoms with Gasteiger partial charge in [-0.3, -0.25) is 4.90 Å². The van der Waals surface area contributed by atoms with Gasteiger partial charge in [0, 0.05) is 36.2 Å². The van der Waals surface area contributed by atoms with E-state index >= 15 is 0 Å². The van der Waals surface area contributed by atoms with E-state index in [1.165, 1.54) is 56.6 Å². The number of nitrogens with two attached hydrogens (primary N) is 1. The lowest BCUT2D eigenvalue weighted by Gasteiger charge is -2.46. The van der Waals surface area contributed by atoms with Crippen LogP contribution in [-0.2, 0) is 0 Å². The predicted octanol–water partition coefficient (Wildman–Crippen LogP) is 3.50. The Labute approximate surface area is 118 Å². The largest absolute Gasteiger partial charge is 0.329 e. The number of hydrogen-bond donors (Lipinski definition) is 1. The van der Waals surface area contributed by atoms with Gasteiger partial charge in [-0.15, -0.1) is 0 Å². The van der Waals surface area contributed by atoms with Gasteiger partial charge in [0.25, 0.3) is 0 Å². The van der Waals surface area contributed by atoms with E-state index in [4.69, 9.17) is 5.73 Å². The summed E-state index contributed by atoms with van der Waals surface area (Å²) >= 11 is 2.09. The van der Waals surface area contributed by atoms with Gasteiger partial charge in [-0.2, -0.15) is 11.8 Å². The number of rotatable bonds is 8. The van der Waals surface area contributed by atoms with Crippen LogP contribution in [0, 0.1) is 0 Å². The molecule has 2 unspecified atom stereocenters. The number of unbranched alkanes of at least 4 members (excludes halogenated alkanes) is 4. The molecule has 1 rings (SSSR count). The molecule has 0 aromatic carbocycles. The normalized spacial score (nSPS) is 25.0. The first kappa shape index (κ1) is 16.3. The zero-order valence-electron chi connectivity index (χ0n) is 12.6. The number of nitrogens with zero attached hydrogens (tertiary/aromatic N) is 1. The molecule has 0 spiro atoms. The smallest absolute Gasteiger partial charge is 0.0307 e. The minimum Gasteiger partial charge on any atom is -0.329 e. The molecule has 0 aliphatic carbocycles. The zero-order chi connectivity index (χ0) is 13.4. The standard InChI is InChI=1S/C15H32N2S/c1-4-5-6-7-8-9-15(3,13-16)17-10-11-18-12-14(17)2/h14H,4-13,16H2,1-3H3. The molecule has 1 aliphatic heterocycles. The summed E-state index contributed by atoms with van der Waals surface area (Å²) in [4.78, 5) is 2.67. The molecular formula is C15H32N2S. The predicted molar refractivity (Wildman–Crippen MR) is 84.3 cm³/mol. The van der Waals surface area contributed by atoms with Crippen LogP contribution in [-0.4, -0.2) is 41.1 Å². The molecule has 108 valence electrons. The molecule has 0 amide bonds. The molecule has 0 bridgehead atoms. The van der Waals surface area contributed by atoms with Crippen molar-refractivity contribution >= 4 is 11.8 Å². The average molecular weight is 273 g/mol. The molecule has 1 aliphatic rings. The fraction of sp³-hybridized carbons (Fsp3) is 1.00. The van der Waals surface area contributed by atoms with Crippen molar-refractivity contribution < 1.29 is 0 Å². The van der Waals surface area contributed by atoms with E-state index in [1.54, 1.807) is 0 Å². The highest BCUT2D eigenvalue weighted by Crippen LogP contribution is 2.28. The maximum Gasteiger partial charge on any atom is 0.0307 e. The van der Waals surface area contributed by atoms with Crippen molar-refractivity contribution in [2.45, 2.75) is 70.9 Å². The van der Waals surface area contributed by atoms with Crippen molar-refractivity contribution in [3.63, 3.8) is 0 Å². The maximum atomic E-state index is 6.09. The van der Waals surface area contributed by atoms with Crippen molar-refractivity contribution in [2.75, 3.05) is 24.6 Å². The summed E-state index contributed by atoms with van der Waals surface area (Å²) < 4.78 is 0. The third-order valence-corrected chi connectivity index (χ3v) is 5.51. The number of thioether (sulfide) groups is 1. The van der Waals surface area contributed by atoms with Gasteiger partial charge < -0.3 is 5.73 Å². The third kappa shape index (κ3) is 4.75. The minimum absolute atomic E-state index is 0.229. The highest BCUT2D eigenvalue weighted by molar-refractivity contribution is 7.99. The third-order valence-electron chi connectivity index (χ3n) is 4.32. The van der Waals surface area contributed by atoms with Gasteiger partial charge in [-0.05, 0) is 20.3 Å². The molecule has 1 heterocycles. The van der Waals surface area contributed by atoms with Crippen molar-refractivity contribution in [2.24, 2.45) is 5.73 Å². The highest BCUT2D eigenvalue weighted by atomic mass is 32.2. The molecule has 2 N–H and O–H groups in total. The lowest BCUT2D eigenvalue weighted by Crippen LogP contribution is -2.58. The van der Waals surface area contributed by atoms with E-state index in [0.29, 0.717) is 6.04 Å². The summed E-state index contributed by atoms with van der Waals surface area (Å²) in [6.07, 6.45) is 8.08. The molecular weight excluding hydrogens is 240 g/mol. The maximum absolute atomic E-state index is 6.09. The van der Waals surface area contributed by atoms with Crippen molar-refractivity contribution in [1.29, 1.82) is 0 Å². The highest BCUT2D eigenvalue weighted by Gasteiger charge is 2.34. The Morgan fingerprint density at radius 2 is 2.00 bits per heavy atom. The fourth-order valence-electron chi connectivity index (χ4n) is 3.00. The summed E-state index contributed by atoms with van der Waals surface area (Å²) in [5.41, 5.74) is 6.32. The minimum atomic E-state index is 0.229. The van der Waals surface area contributed by atoms with Gasteiger partial charge in [-0.25, -0.2) is 0 Å². The van der Waals surface area contributed by atoms with Crippen LogP contribution in [0.3, 0.4) is 0 Å². The van der Waals surface area contributed by atoms with Crippen LogP contribution in [0.25, 0.3) is 0 Å². The molecule has 1 fully saturated rings. The molecule has 3 heteroatoms. The van der Waals surface area contributed by atoms with Gasteiger partial charge in [0.15, 0.2) is 0 Å². The molecule has 2 atom stereocenters. The first-order valence-electron chi connectivity index (χ1n) is 7.68. The van der Waals surface area contributed by atoms with Crippen LogP contribution in [0.5, 0.6) is 0 Å². The molecule has 0 aromatic heterocycles. The Hall–Kier alpha value is 0.270. The second-order valence-electron chi connectivity index (χ2n) is 5.98. The lowest BCUT2D eigenvalue weighted by atomic mass is 9.90. The van der Waals surface area contributed by atoms with E-state index < -0.39 is 0 Å². The van der Waals surface area contributed by atoms with Crippen LogP contribution in [0.4, 0.5) is 0 Å². The Morgan fingerprint density at radius 3 is 2.61 bits per heavy atom. The Balaban J connectivity index is 2.39. The molecule has 0 aromatic rings. The van der Waals surface area contributed by atoms with E-state index in [9.17, 15) is 0 Å². The molecule has 2 nitrogen and oxygen atoms in total. The lowest BCUT2D eigenvalue weighted by molar-refractivity contribution is 0.0718. The van der Waals surface area contributed by atoms with E-state index in [-0.39, 0.29) is 5.54 Å². The van der Waals surface area contributed by atoms with E-state index in [1.807, 2.05) is 0 Å². The second kappa shape index (κ2) is 8.44. The van der Waals surface area contributed by atoms with Crippen molar-refractivity contribution in [3.05, 3.63) is 0 Å². The Kier molecular flexibility index (Phi) is 7.66.